The van der Waals surface area contributed by atoms with Crippen molar-refractivity contribution in [1.29, 1.82) is 0 Å². The van der Waals surface area contributed by atoms with Gasteiger partial charge in [0.2, 0.25) is 0 Å². The van der Waals surface area contributed by atoms with Crippen LogP contribution in [0.3, 0.4) is 0 Å². The van der Waals surface area contributed by atoms with Gasteiger partial charge in [-0.2, -0.15) is 13.2 Å². The van der Waals surface area contributed by atoms with E-state index >= 15 is 0 Å². The van der Waals surface area contributed by atoms with E-state index in [0.29, 0.717) is 22.4 Å². The number of aromatic nitrogens is 1. The Morgan fingerprint density at radius 3 is 2.47 bits per heavy atom. The first-order chi connectivity index (χ1) is 16.0. The van der Waals surface area contributed by atoms with Gasteiger partial charge in [0.05, 0.1) is 30.2 Å². The number of likely N-dealkylation sites (N-methyl/N-ethyl adjacent to an activating group) is 1. The van der Waals surface area contributed by atoms with Crippen LogP contribution in [0, 0.1) is 11.6 Å². The first kappa shape index (κ1) is 22.3. The number of halogens is 5. The number of hydrogen-bond acceptors (Lipinski definition) is 3. The van der Waals surface area contributed by atoms with Crippen molar-refractivity contribution in [1.82, 2.24) is 14.8 Å². The average molecular weight is 479 g/mol. The molecule has 11 heteroatoms. The summed E-state index contributed by atoms with van der Waals surface area (Å²) in [7, 11) is 1.49. The third-order valence-electron chi connectivity index (χ3n) is 6.34. The van der Waals surface area contributed by atoms with Gasteiger partial charge in [-0.1, -0.05) is 6.07 Å². The lowest BCUT2D eigenvalue weighted by Crippen LogP contribution is -2.43. The molecule has 34 heavy (non-hydrogen) atoms. The zero-order valence-corrected chi connectivity index (χ0v) is 17.8. The standard InChI is InChI=1S/C23H18F5N3O3/c1-30(22(33)31-7-11-2-3-13(23(26,27)28)4-12(11)8-31)19-10-34-9-18-20(19)14-5-16(24)17(25)6-15(14)21(32)29-18/h2-6,19H,7-10H2,1H3,(H,29,32)/t19-/m1/s1. The first-order valence-corrected chi connectivity index (χ1v) is 10.4. The van der Waals surface area contributed by atoms with Gasteiger partial charge in [-0.05, 0) is 40.8 Å². The normalized spacial score (nSPS) is 17.6. The Kier molecular flexibility index (Phi) is 5.12. The molecule has 0 bridgehead atoms. The van der Waals surface area contributed by atoms with Crippen molar-refractivity contribution in [2.45, 2.75) is 31.9 Å². The summed E-state index contributed by atoms with van der Waals surface area (Å²) in [5, 5.41) is 0.115. The number of carbonyl (C=O) groups is 1. The van der Waals surface area contributed by atoms with Crippen LogP contribution in [0.1, 0.15) is 34.0 Å². The summed E-state index contributed by atoms with van der Waals surface area (Å²) in [4.78, 5) is 31.0. The van der Waals surface area contributed by atoms with Gasteiger partial charge >= 0.3 is 12.2 Å². The zero-order chi connectivity index (χ0) is 24.4. The van der Waals surface area contributed by atoms with Gasteiger partial charge in [0.25, 0.3) is 5.56 Å². The molecule has 1 N–H and O–H groups in total. The van der Waals surface area contributed by atoms with E-state index in [2.05, 4.69) is 4.98 Å². The Hall–Kier alpha value is -3.47. The number of carbonyl (C=O) groups excluding carboxylic acids is 1. The first-order valence-electron chi connectivity index (χ1n) is 10.4. The highest BCUT2D eigenvalue weighted by Gasteiger charge is 2.36. The van der Waals surface area contributed by atoms with E-state index in [1.54, 1.807) is 0 Å². The van der Waals surface area contributed by atoms with Gasteiger partial charge < -0.3 is 19.5 Å². The molecule has 0 radical (unpaired) electrons. The van der Waals surface area contributed by atoms with Gasteiger partial charge in [-0.25, -0.2) is 13.6 Å². The summed E-state index contributed by atoms with van der Waals surface area (Å²) in [6, 6.07) is 3.91. The molecule has 0 aliphatic carbocycles. The van der Waals surface area contributed by atoms with Crippen LogP contribution in [0.4, 0.5) is 26.7 Å². The summed E-state index contributed by atoms with van der Waals surface area (Å²) >= 11 is 0. The van der Waals surface area contributed by atoms with Crippen molar-refractivity contribution in [2.75, 3.05) is 13.7 Å². The third-order valence-corrected chi connectivity index (χ3v) is 6.34. The second-order valence-electron chi connectivity index (χ2n) is 8.42. The number of H-pyrrole nitrogens is 1. The molecule has 0 saturated carbocycles. The average Bonchev–Trinajstić information content (AvgIpc) is 3.22. The van der Waals surface area contributed by atoms with E-state index < -0.39 is 41.0 Å². The van der Waals surface area contributed by atoms with Crippen LogP contribution in [0.2, 0.25) is 0 Å². The number of pyridine rings is 1. The molecule has 1 atom stereocenters. The predicted octanol–water partition coefficient (Wildman–Crippen LogP) is 4.46. The number of aromatic amines is 1. The summed E-state index contributed by atoms with van der Waals surface area (Å²) in [6.45, 7) is 0.181. The number of alkyl halides is 3. The topological polar surface area (TPSA) is 65.6 Å². The molecule has 2 aromatic carbocycles. The zero-order valence-electron chi connectivity index (χ0n) is 17.8. The predicted molar refractivity (Wildman–Crippen MR) is 111 cm³/mol. The molecule has 178 valence electrons. The smallest absolute Gasteiger partial charge is 0.373 e. The number of fused-ring (bicyclic) bond motifs is 4. The maximum absolute atomic E-state index is 14.1. The maximum atomic E-state index is 14.1. The lowest BCUT2D eigenvalue weighted by Gasteiger charge is -2.35. The minimum Gasteiger partial charge on any atom is -0.373 e. The lowest BCUT2D eigenvalue weighted by atomic mass is 9.95. The van der Waals surface area contributed by atoms with E-state index in [4.69, 9.17) is 4.74 Å². The fourth-order valence-electron chi connectivity index (χ4n) is 4.61. The molecule has 1 aromatic heterocycles. The lowest BCUT2D eigenvalue weighted by molar-refractivity contribution is -0.137. The van der Waals surface area contributed by atoms with Crippen LogP contribution < -0.4 is 5.56 Å². The van der Waals surface area contributed by atoms with Gasteiger partial charge in [-0.3, -0.25) is 4.79 Å². The van der Waals surface area contributed by atoms with E-state index in [0.717, 1.165) is 24.3 Å². The number of amides is 2. The van der Waals surface area contributed by atoms with E-state index in [-0.39, 0.29) is 37.1 Å². The third kappa shape index (κ3) is 3.60. The number of urea groups is 1. The van der Waals surface area contributed by atoms with E-state index in [1.165, 1.54) is 22.9 Å². The summed E-state index contributed by atoms with van der Waals surface area (Å²) < 4.78 is 72.6. The molecule has 0 fully saturated rings. The Labute approximate surface area is 189 Å². The maximum Gasteiger partial charge on any atom is 0.416 e. The van der Waals surface area contributed by atoms with Crippen molar-refractivity contribution in [2.24, 2.45) is 0 Å². The minimum atomic E-state index is -4.49. The van der Waals surface area contributed by atoms with Crippen LogP contribution in [0.5, 0.6) is 0 Å². The van der Waals surface area contributed by atoms with Crippen molar-refractivity contribution >= 4 is 16.8 Å². The highest BCUT2D eigenvalue weighted by atomic mass is 19.4. The molecule has 2 aliphatic heterocycles. The largest absolute Gasteiger partial charge is 0.416 e. The monoisotopic (exact) mass is 479 g/mol. The number of benzene rings is 2. The van der Waals surface area contributed by atoms with Crippen molar-refractivity contribution in [3.05, 3.63) is 80.3 Å². The molecule has 0 unspecified atom stereocenters. The van der Waals surface area contributed by atoms with Crippen molar-refractivity contribution in [3.8, 4) is 0 Å². The van der Waals surface area contributed by atoms with Crippen LogP contribution in [-0.4, -0.2) is 34.5 Å². The number of hydrogen-bond donors (Lipinski definition) is 1. The van der Waals surface area contributed by atoms with Gasteiger partial charge in [0.1, 0.15) is 0 Å². The number of rotatable bonds is 1. The summed E-state index contributed by atoms with van der Waals surface area (Å²) in [5.41, 5.74) is 0.409. The van der Waals surface area contributed by atoms with Crippen LogP contribution in [0.25, 0.3) is 10.8 Å². The minimum absolute atomic E-state index is 0.00489. The van der Waals surface area contributed by atoms with Crippen molar-refractivity contribution < 1.29 is 31.5 Å². The van der Waals surface area contributed by atoms with Gasteiger partial charge in [0, 0.05) is 31.4 Å². The summed E-state index contributed by atoms with van der Waals surface area (Å²) in [6.07, 6.45) is -4.49. The molecular formula is C23H18F5N3O3. The molecule has 3 aromatic rings. The Bertz CT molecular complexity index is 1380. The van der Waals surface area contributed by atoms with Gasteiger partial charge in [-0.15, -0.1) is 0 Å². The van der Waals surface area contributed by atoms with Crippen LogP contribution in [0.15, 0.2) is 35.1 Å². The molecule has 2 amide bonds. The van der Waals surface area contributed by atoms with Crippen LogP contribution >= 0.6 is 0 Å². The highest BCUT2D eigenvalue weighted by Crippen LogP contribution is 2.36. The van der Waals surface area contributed by atoms with Gasteiger partial charge in [0.15, 0.2) is 11.6 Å². The molecule has 5 rings (SSSR count). The number of nitrogens with one attached hydrogen (secondary N) is 1. The molecule has 3 heterocycles. The highest BCUT2D eigenvalue weighted by molar-refractivity contribution is 5.87. The van der Waals surface area contributed by atoms with Crippen molar-refractivity contribution in [3.63, 3.8) is 0 Å². The number of ether oxygens (including phenoxy) is 1. The quantitative estimate of drug-likeness (QED) is 0.524. The molecular weight excluding hydrogens is 461 g/mol. The van der Waals surface area contributed by atoms with E-state index in [9.17, 15) is 31.5 Å². The molecule has 2 aliphatic rings. The molecule has 0 saturated heterocycles. The summed E-state index contributed by atoms with van der Waals surface area (Å²) in [5.74, 6) is -2.30. The number of nitrogens with zero attached hydrogens (tertiary/aromatic N) is 2. The Morgan fingerprint density at radius 2 is 1.76 bits per heavy atom. The Morgan fingerprint density at radius 1 is 1.09 bits per heavy atom. The SMILES string of the molecule is CN(C(=O)N1Cc2ccc(C(F)(F)F)cc2C1)[C@@H]1COCc2[nH]c(=O)c3cc(F)c(F)cc3c21. The Balaban J connectivity index is 1.48. The fraction of sp³-hybridized carbons (Fsp3) is 0.304. The molecule has 0 spiro atoms. The van der Waals surface area contributed by atoms with E-state index in [1.807, 2.05) is 0 Å². The fourth-order valence-corrected chi connectivity index (χ4v) is 4.61. The van der Waals surface area contributed by atoms with Crippen LogP contribution in [-0.2, 0) is 30.6 Å². The molecule has 6 nitrogen and oxygen atoms in total. The second kappa shape index (κ2) is 7.79. The second-order valence-corrected chi connectivity index (χ2v) is 8.42.